The average Bonchev–Trinajstić information content (AvgIpc) is 2.85. The van der Waals surface area contributed by atoms with Crippen molar-refractivity contribution in [2.45, 2.75) is 51.7 Å². The van der Waals surface area contributed by atoms with Crippen molar-refractivity contribution in [2.24, 2.45) is 0 Å². The molecule has 0 aliphatic rings. The van der Waals surface area contributed by atoms with E-state index in [1.54, 1.807) is 0 Å². The summed E-state index contributed by atoms with van der Waals surface area (Å²) >= 11 is 11.3. The highest BCUT2D eigenvalue weighted by Gasteiger charge is 1.98. The van der Waals surface area contributed by atoms with Gasteiger partial charge in [-0.25, -0.2) is 0 Å². The summed E-state index contributed by atoms with van der Waals surface area (Å²) in [6, 6.07) is 17.0. The second kappa shape index (κ2) is 18.8. The molecule has 0 atom stereocenters. The highest BCUT2D eigenvalue weighted by atomic mass is 35.5. The fraction of sp³-hybridized carbons (Fsp3) is 0.429. The largest absolute Gasteiger partial charge is 0.351 e. The molecule has 0 fully saturated rings. The number of benzene rings is 2. The van der Waals surface area contributed by atoms with Crippen molar-refractivity contribution < 1.29 is 14.2 Å². The van der Waals surface area contributed by atoms with Gasteiger partial charge in [0, 0.05) is 11.8 Å². The molecule has 5 heteroatoms. The number of alkyl halides is 2. The molecule has 3 nitrogen and oxygen atoms in total. The molecule has 0 saturated carbocycles. The van der Waals surface area contributed by atoms with Gasteiger partial charge in [-0.2, -0.15) is 0 Å². The van der Waals surface area contributed by atoms with Gasteiger partial charge in [-0.1, -0.05) is 72.8 Å². The molecule has 0 aromatic heterocycles. The zero-order valence-electron chi connectivity index (χ0n) is 19.4. The van der Waals surface area contributed by atoms with Crippen molar-refractivity contribution in [2.75, 3.05) is 25.3 Å². The lowest BCUT2D eigenvalue weighted by molar-refractivity contribution is -0.139. The Labute approximate surface area is 209 Å². The van der Waals surface area contributed by atoms with Gasteiger partial charge in [-0.05, 0) is 60.8 Å². The van der Waals surface area contributed by atoms with Crippen molar-refractivity contribution in [3.8, 4) is 0 Å². The minimum Gasteiger partial charge on any atom is -0.351 e. The first-order valence-electron chi connectivity index (χ1n) is 11.6. The van der Waals surface area contributed by atoms with E-state index in [1.165, 1.54) is 11.1 Å². The van der Waals surface area contributed by atoms with Crippen LogP contribution >= 0.6 is 23.2 Å². The van der Waals surface area contributed by atoms with E-state index in [0.29, 0.717) is 25.0 Å². The second-order valence-electron chi connectivity index (χ2n) is 7.75. The smallest absolute Gasteiger partial charge is 0.150 e. The third-order valence-electron chi connectivity index (χ3n) is 5.00. The van der Waals surface area contributed by atoms with Crippen LogP contribution in [0, 0.1) is 0 Å². The zero-order valence-corrected chi connectivity index (χ0v) is 20.9. The Balaban J connectivity index is 1.50. The molecule has 0 bridgehead atoms. The van der Waals surface area contributed by atoms with Crippen LogP contribution < -0.4 is 0 Å². The lowest BCUT2D eigenvalue weighted by atomic mass is 10.1. The molecule has 0 unspecified atom stereocenters. The average molecular weight is 491 g/mol. The van der Waals surface area contributed by atoms with Gasteiger partial charge in [0.2, 0.25) is 0 Å². The molecule has 0 radical (unpaired) electrons. The van der Waals surface area contributed by atoms with Crippen LogP contribution in [0.2, 0.25) is 0 Å². The molecule has 2 aromatic rings. The van der Waals surface area contributed by atoms with Gasteiger partial charge in [-0.3, -0.25) is 0 Å². The molecule has 0 N–H and O–H groups in total. The van der Waals surface area contributed by atoms with E-state index in [0.717, 1.165) is 49.7 Å². The number of hydrogen-bond acceptors (Lipinski definition) is 3. The van der Waals surface area contributed by atoms with E-state index in [9.17, 15) is 0 Å². The Kier molecular flexibility index (Phi) is 15.7. The lowest BCUT2D eigenvalue weighted by Crippen LogP contribution is -2.05. The minimum absolute atomic E-state index is 0.212. The van der Waals surface area contributed by atoms with Gasteiger partial charge in [0.25, 0.3) is 0 Å². The second-order valence-corrected chi connectivity index (χ2v) is 8.50. The van der Waals surface area contributed by atoms with Crippen LogP contribution in [-0.4, -0.2) is 25.3 Å². The molecule has 2 rings (SSSR count). The number of hydrogen-bond donors (Lipinski definition) is 0. The Morgan fingerprint density at radius 2 is 0.848 bits per heavy atom. The Hall–Kier alpha value is -1.62. The van der Waals surface area contributed by atoms with Gasteiger partial charge in [0.1, 0.15) is 13.6 Å². The predicted octanol–water partition coefficient (Wildman–Crippen LogP) is 7.59. The van der Waals surface area contributed by atoms with Crippen molar-refractivity contribution in [1.29, 1.82) is 0 Å². The fourth-order valence-corrected chi connectivity index (χ4v) is 3.42. The Morgan fingerprint density at radius 3 is 1.24 bits per heavy atom. The SMILES string of the molecule is ClCC/C=C/CCc1ccc(COCOCOCc2ccc(CC/C=C/CCCl)cc2)cc1. The molecule has 2 aromatic carbocycles. The van der Waals surface area contributed by atoms with Crippen LogP contribution in [0.5, 0.6) is 0 Å². The zero-order chi connectivity index (χ0) is 23.4. The standard InChI is InChI=1S/C28H36Cl2O3/c29-19-7-3-1-5-9-25-11-15-27(16-12-25)21-31-23-33-24-32-22-28-17-13-26(14-18-28)10-6-2-4-8-20-30/h1-4,11-18H,5-10,19-24H2/b3-1+,4-2+. The molecule has 0 aliphatic carbocycles. The van der Waals surface area contributed by atoms with E-state index in [4.69, 9.17) is 37.4 Å². The van der Waals surface area contributed by atoms with E-state index < -0.39 is 0 Å². The molecule has 0 amide bonds. The third-order valence-corrected chi connectivity index (χ3v) is 5.44. The summed E-state index contributed by atoms with van der Waals surface area (Å²) in [5, 5.41) is 0. The normalized spacial score (nSPS) is 11.7. The number of allylic oxidation sites excluding steroid dienone is 4. The Bertz CT molecular complexity index is 718. The summed E-state index contributed by atoms with van der Waals surface area (Å²) in [6.07, 6.45) is 14.7. The molecule has 0 saturated heterocycles. The molecular formula is C28H36Cl2O3. The maximum atomic E-state index is 5.66. The Morgan fingerprint density at radius 1 is 0.485 bits per heavy atom. The number of aryl methyl sites for hydroxylation is 2. The van der Waals surface area contributed by atoms with Gasteiger partial charge in [0.05, 0.1) is 13.2 Å². The van der Waals surface area contributed by atoms with Gasteiger partial charge >= 0.3 is 0 Å². The number of rotatable bonds is 18. The molecular weight excluding hydrogens is 455 g/mol. The highest BCUT2D eigenvalue weighted by molar-refractivity contribution is 6.18. The maximum Gasteiger partial charge on any atom is 0.150 e. The number of ether oxygens (including phenoxy) is 3. The van der Waals surface area contributed by atoms with Crippen LogP contribution in [0.3, 0.4) is 0 Å². The van der Waals surface area contributed by atoms with Crippen LogP contribution in [0.1, 0.15) is 47.9 Å². The maximum absolute atomic E-state index is 5.66. The van der Waals surface area contributed by atoms with Crippen molar-refractivity contribution >= 4 is 23.2 Å². The van der Waals surface area contributed by atoms with E-state index in [1.807, 2.05) is 0 Å². The van der Waals surface area contributed by atoms with Crippen molar-refractivity contribution in [3.63, 3.8) is 0 Å². The quantitative estimate of drug-likeness (QED) is 0.0931. The lowest BCUT2D eigenvalue weighted by Gasteiger charge is -2.08. The van der Waals surface area contributed by atoms with E-state index in [2.05, 4.69) is 72.8 Å². The summed E-state index contributed by atoms with van der Waals surface area (Å²) in [4.78, 5) is 0. The summed E-state index contributed by atoms with van der Waals surface area (Å²) in [7, 11) is 0. The first-order valence-corrected chi connectivity index (χ1v) is 12.7. The predicted molar refractivity (Wildman–Crippen MR) is 139 cm³/mol. The monoisotopic (exact) mass is 490 g/mol. The highest BCUT2D eigenvalue weighted by Crippen LogP contribution is 2.10. The topological polar surface area (TPSA) is 27.7 Å². The summed E-state index contributed by atoms with van der Waals surface area (Å²) in [5.74, 6) is 1.37. The summed E-state index contributed by atoms with van der Waals surface area (Å²) < 4.78 is 16.6. The molecule has 0 heterocycles. The van der Waals surface area contributed by atoms with Crippen LogP contribution in [0.25, 0.3) is 0 Å². The summed E-state index contributed by atoms with van der Waals surface area (Å²) in [5.41, 5.74) is 4.92. The van der Waals surface area contributed by atoms with E-state index in [-0.39, 0.29) is 13.6 Å². The molecule has 33 heavy (non-hydrogen) atoms. The fourth-order valence-electron chi connectivity index (χ4n) is 3.17. The van der Waals surface area contributed by atoms with Crippen LogP contribution in [0.4, 0.5) is 0 Å². The van der Waals surface area contributed by atoms with Gasteiger partial charge < -0.3 is 14.2 Å². The molecule has 0 aliphatic heterocycles. The van der Waals surface area contributed by atoms with Crippen LogP contribution in [-0.2, 0) is 40.3 Å². The van der Waals surface area contributed by atoms with Gasteiger partial charge in [-0.15, -0.1) is 23.2 Å². The van der Waals surface area contributed by atoms with E-state index >= 15 is 0 Å². The first kappa shape index (κ1) is 27.6. The summed E-state index contributed by atoms with van der Waals surface area (Å²) in [6.45, 7) is 1.48. The van der Waals surface area contributed by atoms with Crippen molar-refractivity contribution in [3.05, 3.63) is 95.1 Å². The van der Waals surface area contributed by atoms with Crippen molar-refractivity contribution in [1.82, 2.24) is 0 Å². The first-order chi connectivity index (χ1) is 16.3. The van der Waals surface area contributed by atoms with Gasteiger partial charge in [0.15, 0.2) is 0 Å². The molecule has 180 valence electrons. The third kappa shape index (κ3) is 13.6. The van der Waals surface area contributed by atoms with Crippen LogP contribution in [0.15, 0.2) is 72.8 Å². The minimum atomic E-state index is 0.212. The molecule has 0 spiro atoms. The number of halogens is 2.